The van der Waals surface area contributed by atoms with Crippen molar-refractivity contribution in [1.82, 2.24) is 4.90 Å². The molecular formula is C14H16ClNO2. The van der Waals surface area contributed by atoms with Gasteiger partial charge in [0.15, 0.2) is 0 Å². The summed E-state index contributed by atoms with van der Waals surface area (Å²) < 4.78 is 0. The zero-order valence-corrected chi connectivity index (χ0v) is 11.1. The first-order valence-electron chi connectivity index (χ1n) is 6.26. The third kappa shape index (κ3) is 1.61. The van der Waals surface area contributed by atoms with E-state index in [0.717, 1.165) is 17.9 Å². The van der Waals surface area contributed by atoms with Crippen LogP contribution < -0.4 is 0 Å². The quantitative estimate of drug-likeness (QED) is 0.781. The Hall–Kier alpha value is -1.22. The molecule has 1 aliphatic carbocycles. The first kappa shape index (κ1) is 11.8. The number of hydrogen-bond donors (Lipinski definition) is 1. The SMILES string of the molecule is CC12CCc3c(Cl)cccc3C1CN(C(=O)O)C2. The van der Waals surface area contributed by atoms with Crippen LogP contribution in [-0.4, -0.2) is 29.2 Å². The monoisotopic (exact) mass is 265 g/mol. The van der Waals surface area contributed by atoms with Crippen LogP contribution in [0, 0.1) is 5.41 Å². The Morgan fingerprint density at radius 1 is 1.56 bits per heavy atom. The molecule has 0 aromatic heterocycles. The number of amides is 1. The third-order valence-corrected chi connectivity index (χ3v) is 4.90. The maximum atomic E-state index is 11.2. The van der Waals surface area contributed by atoms with Gasteiger partial charge in [-0.15, -0.1) is 0 Å². The molecule has 1 aromatic rings. The Bertz CT molecular complexity index is 517. The van der Waals surface area contributed by atoms with Crippen molar-refractivity contribution in [1.29, 1.82) is 0 Å². The summed E-state index contributed by atoms with van der Waals surface area (Å²) in [6.07, 6.45) is 1.15. The number of rotatable bonds is 0. The second kappa shape index (κ2) is 3.89. The van der Waals surface area contributed by atoms with Crippen LogP contribution in [-0.2, 0) is 6.42 Å². The topological polar surface area (TPSA) is 40.5 Å². The Kier molecular flexibility index (Phi) is 2.56. The average Bonchev–Trinajstić information content (AvgIpc) is 2.67. The van der Waals surface area contributed by atoms with Gasteiger partial charge in [0.05, 0.1) is 0 Å². The van der Waals surface area contributed by atoms with Gasteiger partial charge in [-0.25, -0.2) is 4.79 Å². The molecule has 1 aromatic carbocycles. The molecule has 18 heavy (non-hydrogen) atoms. The van der Waals surface area contributed by atoms with Crippen LogP contribution in [0.5, 0.6) is 0 Å². The second-order valence-electron chi connectivity index (χ2n) is 5.68. The summed E-state index contributed by atoms with van der Waals surface area (Å²) in [7, 11) is 0. The molecule has 1 saturated heterocycles. The molecule has 0 bridgehead atoms. The fourth-order valence-corrected chi connectivity index (χ4v) is 3.78. The van der Waals surface area contributed by atoms with Crippen molar-refractivity contribution in [3.63, 3.8) is 0 Å². The largest absolute Gasteiger partial charge is 0.465 e. The first-order valence-corrected chi connectivity index (χ1v) is 6.64. The van der Waals surface area contributed by atoms with Gasteiger partial charge >= 0.3 is 6.09 Å². The van der Waals surface area contributed by atoms with Crippen molar-refractivity contribution in [2.45, 2.75) is 25.7 Å². The minimum Gasteiger partial charge on any atom is -0.465 e. The van der Waals surface area contributed by atoms with Crippen LogP contribution in [0.4, 0.5) is 4.79 Å². The van der Waals surface area contributed by atoms with E-state index in [9.17, 15) is 9.90 Å². The number of likely N-dealkylation sites (tertiary alicyclic amines) is 1. The summed E-state index contributed by atoms with van der Waals surface area (Å²) in [4.78, 5) is 12.7. The van der Waals surface area contributed by atoms with E-state index in [1.807, 2.05) is 12.1 Å². The lowest BCUT2D eigenvalue weighted by Crippen LogP contribution is -2.31. The van der Waals surface area contributed by atoms with E-state index in [-0.39, 0.29) is 11.3 Å². The normalized spacial score (nSPS) is 29.9. The predicted molar refractivity (Wildman–Crippen MR) is 70.2 cm³/mol. The van der Waals surface area contributed by atoms with Crippen LogP contribution in [0.25, 0.3) is 0 Å². The van der Waals surface area contributed by atoms with Gasteiger partial charge in [-0.05, 0) is 35.4 Å². The van der Waals surface area contributed by atoms with Gasteiger partial charge in [0, 0.05) is 24.0 Å². The van der Waals surface area contributed by atoms with E-state index < -0.39 is 6.09 Å². The lowest BCUT2D eigenvalue weighted by molar-refractivity contribution is 0.149. The number of halogens is 1. The summed E-state index contributed by atoms with van der Waals surface area (Å²) in [6.45, 7) is 3.43. The molecule has 1 aliphatic heterocycles. The Balaban J connectivity index is 2.04. The highest BCUT2D eigenvalue weighted by atomic mass is 35.5. The van der Waals surface area contributed by atoms with Gasteiger partial charge in [-0.1, -0.05) is 30.7 Å². The average molecular weight is 266 g/mol. The molecule has 3 nitrogen and oxygen atoms in total. The van der Waals surface area contributed by atoms with E-state index in [4.69, 9.17) is 11.6 Å². The molecule has 0 saturated carbocycles. The maximum absolute atomic E-state index is 11.2. The van der Waals surface area contributed by atoms with E-state index in [0.29, 0.717) is 13.1 Å². The zero-order valence-electron chi connectivity index (χ0n) is 10.3. The number of fused-ring (bicyclic) bond motifs is 3. The number of carboxylic acid groups (broad SMARTS) is 1. The van der Waals surface area contributed by atoms with Crippen LogP contribution >= 0.6 is 11.6 Å². The summed E-state index contributed by atoms with van der Waals surface area (Å²) in [5, 5.41) is 10.00. The molecule has 1 heterocycles. The van der Waals surface area contributed by atoms with E-state index in [1.54, 1.807) is 4.90 Å². The number of nitrogens with zero attached hydrogens (tertiary/aromatic N) is 1. The molecule has 0 radical (unpaired) electrons. The number of carbonyl (C=O) groups is 1. The Labute approximate surface area is 111 Å². The zero-order chi connectivity index (χ0) is 12.9. The van der Waals surface area contributed by atoms with E-state index in [1.165, 1.54) is 11.1 Å². The highest BCUT2D eigenvalue weighted by molar-refractivity contribution is 6.31. The Morgan fingerprint density at radius 3 is 3.06 bits per heavy atom. The highest BCUT2D eigenvalue weighted by Crippen LogP contribution is 2.51. The minimum absolute atomic E-state index is 0.0655. The van der Waals surface area contributed by atoms with Crippen molar-refractivity contribution in [2.24, 2.45) is 5.41 Å². The fraction of sp³-hybridized carbons (Fsp3) is 0.500. The number of benzene rings is 1. The van der Waals surface area contributed by atoms with Gasteiger partial charge in [0.1, 0.15) is 0 Å². The minimum atomic E-state index is -0.811. The second-order valence-corrected chi connectivity index (χ2v) is 6.08. The highest BCUT2D eigenvalue weighted by Gasteiger charge is 2.48. The maximum Gasteiger partial charge on any atom is 0.407 e. The van der Waals surface area contributed by atoms with E-state index in [2.05, 4.69) is 13.0 Å². The summed E-state index contributed by atoms with van der Waals surface area (Å²) >= 11 is 6.25. The van der Waals surface area contributed by atoms with E-state index >= 15 is 0 Å². The van der Waals surface area contributed by atoms with Crippen LogP contribution in [0.3, 0.4) is 0 Å². The van der Waals surface area contributed by atoms with Crippen molar-refractivity contribution in [3.8, 4) is 0 Å². The van der Waals surface area contributed by atoms with Crippen molar-refractivity contribution in [3.05, 3.63) is 34.3 Å². The standard InChI is InChI=1S/C14H16ClNO2/c1-14-6-5-10-9(3-2-4-12(10)15)11(14)7-16(8-14)13(17)18/h2-4,11H,5-8H2,1H3,(H,17,18). The number of hydrogen-bond acceptors (Lipinski definition) is 1. The molecular weight excluding hydrogens is 250 g/mol. The molecule has 2 atom stereocenters. The molecule has 1 amide bonds. The van der Waals surface area contributed by atoms with Crippen LogP contribution in [0.2, 0.25) is 5.02 Å². The summed E-state index contributed by atoms with van der Waals surface area (Å²) in [6, 6.07) is 6.00. The first-order chi connectivity index (χ1) is 8.51. The van der Waals surface area contributed by atoms with Gasteiger partial charge in [0.25, 0.3) is 0 Å². The molecule has 1 N–H and O–H groups in total. The molecule has 1 fully saturated rings. The van der Waals surface area contributed by atoms with Gasteiger partial charge in [0.2, 0.25) is 0 Å². The lowest BCUT2D eigenvalue weighted by Gasteiger charge is -2.36. The summed E-state index contributed by atoms with van der Waals surface area (Å²) in [5.41, 5.74) is 2.53. The smallest absolute Gasteiger partial charge is 0.407 e. The van der Waals surface area contributed by atoms with Crippen molar-refractivity contribution < 1.29 is 9.90 Å². The molecule has 3 rings (SSSR count). The van der Waals surface area contributed by atoms with Crippen molar-refractivity contribution >= 4 is 17.7 Å². The van der Waals surface area contributed by atoms with Gasteiger partial charge < -0.3 is 10.0 Å². The Morgan fingerprint density at radius 2 is 2.33 bits per heavy atom. The van der Waals surface area contributed by atoms with Crippen molar-refractivity contribution in [2.75, 3.05) is 13.1 Å². The summed E-state index contributed by atoms with van der Waals surface area (Å²) in [5.74, 6) is 0.288. The molecule has 2 aliphatic rings. The van der Waals surface area contributed by atoms with Gasteiger partial charge in [-0.2, -0.15) is 0 Å². The van der Waals surface area contributed by atoms with Crippen LogP contribution in [0.1, 0.15) is 30.4 Å². The third-order valence-electron chi connectivity index (χ3n) is 4.54. The predicted octanol–water partition coefficient (Wildman–Crippen LogP) is 3.37. The fourth-order valence-electron chi connectivity index (χ4n) is 3.50. The molecule has 0 spiro atoms. The van der Waals surface area contributed by atoms with Gasteiger partial charge in [-0.3, -0.25) is 0 Å². The molecule has 4 heteroatoms. The van der Waals surface area contributed by atoms with Crippen LogP contribution in [0.15, 0.2) is 18.2 Å². The molecule has 2 unspecified atom stereocenters. The lowest BCUT2D eigenvalue weighted by atomic mass is 9.67. The molecule has 96 valence electrons.